The summed E-state index contributed by atoms with van der Waals surface area (Å²) in [7, 11) is 0. The maximum atomic E-state index is 5.30. The lowest BCUT2D eigenvalue weighted by Crippen LogP contribution is -2.20. The molecule has 0 aliphatic carbocycles. The Kier molecular flexibility index (Phi) is 5.74. The van der Waals surface area contributed by atoms with E-state index >= 15 is 0 Å². The molecule has 2 heteroatoms. The van der Waals surface area contributed by atoms with Gasteiger partial charge in [-0.05, 0) is 53.3 Å². The van der Waals surface area contributed by atoms with E-state index in [0.29, 0.717) is 6.04 Å². The highest BCUT2D eigenvalue weighted by Crippen LogP contribution is 2.19. The third-order valence-corrected chi connectivity index (χ3v) is 3.02. The van der Waals surface area contributed by atoms with Gasteiger partial charge in [0.05, 0.1) is 0 Å². The third-order valence-electron chi connectivity index (χ3n) is 2.30. The highest BCUT2D eigenvalue weighted by molar-refractivity contribution is 14.1. The van der Waals surface area contributed by atoms with Crippen LogP contribution in [0, 0.1) is 15.9 Å². The van der Waals surface area contributed by atoms with Crippen LogP contribution < -0.4 is 5.32 Å². The SMILES string of the molecule is C#CCCC(NCC)c1ccc(I)cc1. The van der Waals surface area contributed by atoms with Crippen molar-refractivity contribution >= 4 is 22.6 Å². The minimum absolute atomic E-state index is 0.392. The van der Waals surface area contributed by atoms with Gasteiger partial charge in [-0.3, -0.25) is 0 Å². The second-order valence-electron chi connectivity index (χ2n) is 3.40. The fraction of sp³-hybridized carbons (Fsp3) is 0.385. The van der Waals surface area contributed by atoms with Crippen LogP contribution in [0.1, 0.15) is 31.4 Å². The number of halogens is 1. The molecular formula is C13H16IN. The molecule has 80 valence electrons. The summed E-state index contributed by atoms with van der Waals surface area (Å²) in [6.45, 7) is 3.09. The summed E-state index contributed by atoms with van der Waals surface area (Å²) in [5.41, 5.74) is 1.33. The zero-order valence-electron chi connectivity index (χ0n) is 8.96. The normalized spacial score (nSPS) is 12.1. The molecule has 0 radical (unpaired) electrons. The first-order valence-corrected chi connectivity index (χ1v) is 6.28. The second-order valence-corrected chi connectivity index (χ2v) is 4.65. The Balaban J connectivity index is 2.70. The molecular weight excluding hydrogens is 297 g/mol. The summed E-state index contributed by atoms with van der Waals surface area (Å²) in [4.78, 5) is 0. The maximum Gasteiger partial charge on any atom is 0.0329 e. The van der Waals surface area contributed by atoms with Gasteiger partial charge in [-0.1, -0.05) is 19.1 Å². The van der Waals surface area contributed by atoms with Crippen LogP contribution in [0.5, 0.6) is 0 Å². The fourth-order valence-corrected chi connectivity index (χ4v) is 1.92. The number of nitrogens with one attached hydrogen (secondary N) is 1. The molecule has 0 saturated heterocycles. The van der Waals surface area contributed by atoms with Gasteiger partial charge in [0.2, 0.25) is 0 Å². The Morgan fingerprint density at radius 3 is 2.60 bits per heavy atom. The summed E-state index contributed by atoms with van der Waals surface area (Å²) in [6.07, 6.45) is 7.12. The lowest BCUT2D eigenvalue weighted by atomic mass is 10.0. The molecule has 15 heavy (non-hydrogen) atoms. The third kappa shape index (κ3) is 4.23. The van der Waals surface area contributed by atoms with Crippen molar-refractivity contribution in [2.45, 2.75) is 25.8 Å². The van der Waals surface area contributed by atoms with Crippen molar-refractivity contribution < 1.29 is 0 Å². The zero-order chi connectivity index (χ0) is 11.1. The van der Waals surface area contributed by atoms with Gasteiger partial charge in [-0.15, -0.1) is 12.3 Å². The molecule has 0 aliphatic heterocycles. The molecule has 1 aromatic rings. The van der Waals surface area contributed by atoms with Crippen molar-refractivity contribution in [3.8, 4) is 12.3 Å². The van der Waals surface area contributed by atoms with E-state index in [0.717, 1.165) is 19.4 Å². The number of terminal acetylenes is 1. The summed E-state index contributed by atoms with van der Waals surface area (Å²) in [5, 5.41) is 3.46. The Morgan fingerprint density at radius 1 is 1.40 bits per heavy atom. The minimum Gasteiger partial charge on any atom is -0.310 e. The molecule has 0 fully saturated rings. The van der Waals surface area contributed by atoms with Crippen LogP contribution in [0.2, 0.25) is 0 Å². The van der Waals surface area contributed by atoms with Crippen molar-refractivity contribution in [2.24, 2.45) is 0 Å². The topological polar surface area (TPSA) is 12.0 Å². The number of benzene rings is 1. The van der Waals surface area contributed by atoms with Crippen molar-refractivity contribution in [1.82, 2.24) is 5.32 Å². The van der Waals surface area contributed by atoms with E-state index in [1.54, 1.807) is 0 Å². The number of hydrogen-bond donors (Lipinski definition) is 1. The van der Waals surface area contributed by atoms with Gasteiger partial charge in [-0.2, -0.15) is 0 Å². The van der Waals surface area contributed by atoms with Gasteiger partial charge in [0.1, 0.15) is 0 Å². The van der Waals surface area contributed by atoms with Gasteiger partial charge in [-0.25, -0.2) is 0 Å². The predicted octanol–water partition coefficient (Wildman–Crippen LogP) is 3.36. The summed E-state index contributed by atoms with van der Waals surface area (Å²) in [5.74, 6) is 2.70. The smallest absolute Gasteiger partial charge is 0.0329 e. The van der Waals surface area contributed by atoms with Gasteiger partial charge >= 0.3 is 0 Å². The van der Waals surface area contributed by atoms with E-state index in [1.165, 1.54) is 9.13 Å². The first-order valence-electron chi connectivity index (χ1n) is 5.20. The van der Waals surface area contributed by atoms with E-state index < -0.39 is 0 Å². The highest BCUT2D eigenvalue weighted by atomic mass is 127. The highest BCUT2D eigenvalue weighted by Gasteiger charge is 2.08. The number of rotatable bonds is 5. The lowest BCUT2D eigenvalue weighted by Gasteiger charge is -2.17. The van der Waals surface area contributed by atoms with Crippen LogP contribution in [-0.4, -0.2) is 6.54 Å². The van der Waals surface area contributed by atoms with Crippen LogP contribution in [0.3, 0.4) is 0 Å². The first kappa shape index (κ1) is 12.5. The van der Waals surface area contributed by atoms with Crippen LogP contribution >= 0.6 is 22.6 Å². The number of hydrogen-bond acceptors (Lipinski definition) is 1. The van der Waals surface area contributed by atoms with Crippen molar-refractivity contribution in [1.29, 1.82) is 0 Å². The molecule has 0 heterocycles. The summed E-state index contributed by atoms with van der Waals surface area (Å²) >= 11 is 2.32. The second kappa shape index (κ2) is 6.86. The molecule has 0 spiro atoms. The average Bonchev–Trinajstić information content (AvgIpc) is 2.25. The van der Waals surface area contributed by atoms with Gasteiger partial charge in [0.25, 0.3) is 0 Å². The van der Waals surface area contributed by atoms with Crippen LogP contribution in [0.4, 0.5) is 0 Å². The maximum absolute atomic E-state index is 5.30. The molecule has 0 amide bonds. The van der Waals surface area contributed by atoms with Crippen LogP contribution in [0.25, 0.3) is 0 Å². The van der Waals surface area contributed by atoms with E-state index in [9.17, 15) is 0 Å². The summed E-state index contributed by atoms with van der Waals surface area (Å²) < 4.78 is 1.27. The standard InChI is InChI=1S/C13H16IN/c1-3-5-6-13(15-4-2)11-7-9-12(14)10-8-11/h1,7-10,13,15H,4-6H2,2H3. The van der Waals surface area contributed by atoms with Gasteiger partial charge in [0, 0.05) is 16.0 Å². The molecule has 1 nitrogen and oxygen atoms in total. The fourth-order valence-electron chi connectivity index (χ4n) is 1.56. The Bertz CT molecular complexity index is 323. The Morgan fingerprint density at radius 2 is 2.07 bits per heavy atom. The molecule has 1 atom stereocenters. The van der Waals surface area contributed by atoms with E-state index in [-0.39, 0.29) is 0 Å². The van der Waals surface area contributed by atoms with Crippen LogP contribution in [0.15, 0.2) is 24.3 Å². The van der Waals surface area contributed by atoms with Gasteiger partial charge < -0.3 is 5.32 Å². The van der Waals surface area contributed by atoms with Gasteiger partial charge in [0.15, 0.2) is 0 Å². The molecule has 0 bridgehead atoms. The Labute approximate surface area is 106 Å². The van der Waals surface area contributed by atoms with E-state index in [2.05, 4.69) is 65.0 Å². The molecule has 0 saturated carbocycles. The van der Waals surface area contributed by atoms with Crippen molar-refractivity contribution in [3.63, 3.8) is 0 Å². The average molecular weight is 313 g/mol. The minimum atomic E-state index is 0.392. The molecule has 0 aliphatic rings. The predicted molar refractivity (Wildman–Crippen MR) is 73.6 cm³/mol. The van der Waals surface area contributed by atoms with Crippen molar-refractivity contribution in [3.05, 3.63) is 33.4 Å². The zero-order valence-corrected chi connectivity index (χ0v) is 11.1. The molecule has 1 N–H and O–H groups in total. The molecule has 0 aromatic heterocycles. The van der Waals surface area contributed by atoms with Crippen LogP contribution in [-0.2, 0) is 0 Å². The molecule has 1 unspecified atom stereocenters. The van der Waals surface area contributed by atoms with Crippen molar-refractivity contribution in [2.75, 3.05) is 6.54 Å². The lowest BCUT2D eigenvalue weighted by molar-refractivity contribution is 0.522. The van der Waals surface area contributed by atoms with E-state index in [1.807, 2.05) is 0 Å². The summed E-state index contributed by atoms with van der Waals surface area (Å²) in [6, 6.07) is 9.01. The van der Waals surface area contributed by atoms with E-state index in [4.69, 9.17) is 6.42 Å². The first-order chi connectivity index (χ1) is 7.27. The largest absolute Gasteiger partial charge is 0.310 e. The quantitative estimate of drug-likeness (QED) is 0.649. The monoisotopic (exact) mass is 313 g/mol. The molecule has 1 aromatic carbocycles. The molecule has 1 rings (SSSR count). The Hall–Kier alpha value is -0.530.